The summed E-state index contributed by atoms with van der Waals surface area (Å²) in [5.41, 5.74) is 3.23. The molecular weight excluding hydrogens is 346 g/mol. The summed E-state index contributed by atoms with van der Waals surface area (Å²) in [4.78, 5) is 15.2. The third kappa shape index (κ3) is 4.80. The van der Waals surface area contributed by atoms with Gasteiger partial charge < -0.3 is 9.64 Å². The summed E-state index contributed by atoms with van der Waals surface area (Å²) in [6.07, 6.45) is 0.371. The molecule has 0 aliphatic carbocycles. The van der Waals surface area contributed by atoms with Crippen molar-refractivity contribution in [1.29, 1.82) is 0 Å². The van der Waals surface area contributed by atoms with Gasteiger partial charge in [-0.05, 0) is 42.7 Å². The molecule has 3 heteroatoms. The van der Waals surface area contributed by atoms with Crippen molar-refractivity contribution in [3.05, 3.63) is 102 Å². The number of likely N-dealkylation sites (N-methyl/N-ethyl adjacent to an activating group) is 1. The van der Waals surface area contributed by atoms with Crippen molar-refractivity contribution in [1.82, 2.24) is 4.90 Å². The number of carbonyl (C=O) groups is 1. The number of hydrogen-bond donors (Lipinski definition) is 0. The van der Waals surface area contributed by atoms with E-state index < -0.39 is 0 Å². The first-order chi connectivity index (χ1) is 13.7. The van der Waals surface area contributed by atoms with Crippen molar-refractivity contribution in [3.8, 4) is 5.75 Å². The Morgan fingerprint density at radius 1 is 0.821 bits per heavy atom. The van der Waals surface area contributed by atoms with Crippen LogP contribution in [0.5, 0.6) is 5.75 Å². The van der Waals surface area contributed by atoms with Crippen LogP contribution in [-0.4, -0.2) is 24.0 Å². The van der Waals surface area contributed by atoms with Gasteiger partial charge in [-0.3, -0.25) is 4.79 Å². The highest BCUT2D eigenvalue weighted by Gasteiger charge is 2.25. The van der Waals surface area contributed by atoms with Crippen LogP contribution in [0, 0.1) is 0 Å². The van der Waals surface area contributed by atoms with Crippen molar-refractivity contribution < 1.29 is 9.53 Å². The van der Waals surface area contributed by atoms with E-state index in [0.29, 0.717) is 19.6 Å². The van der Waals surface area contributed by atoms with Gasteiger partial charge in [-0.2, -0.15) is 0 Å². The number of benzene rings is 3. The monoisotopic (exact) mass is 373 g/mol. The second-order valence-electron chi connectivity index (χ2n) is 6.66. The fourth-order valence-corrected chi connectivity index (χ4v) is 3.47. The summed E-state index contributed by atoms with van der Waals surface area (Å²) in [5, 5.41) is 0. The first-order valence-corrected chi connectivity index (χ1v) is 9.84. The Kier molecular flexibility index (Phi) is 6.85. The maximum absolute atomic E-state index is 13.2. The van der Waals surface area contributed by atoms with Gasteiger partial charge in [-0.15, -0.1) is 0 Å². The van der Waals surface area contributed by atoms with Crippen LogP contribution >= 0.6 is 0 Å². The molecule has 0 saturated heterocycles. The average Bonchev–Trinajstić information content (AvgIpc) is 2.74. The zero-order chi connectivity index (χ0) is 19.8. The normalized spacial score (nSPS) is 10.7. The van der Waals surface area contributed by atoms with Gasteiger partial charge in [0.05, 0.1) is 19.1 Å². The van der Waals surface area contributed by atoms with Crippen LogP contribution in [0.3, 0.4) is 0 Å². The molecule has 0 spiro atoms. The zero-order valence-electron chi connectivity index (χ0n) is 16.5. The lowest BCUT2D eigenvalue weighted by atomic mass is 9.96. The van der Waals surface area contributed by atoms with E-state index in [9.17, 15) is 4.79 Å². The van der Waals surface area contributed by atoms with E-state index in [-0.39, 0.29) is 11.9 Å². The Labute approximate surface area is 167 Å². The van der Waals surface area contributed by atoms with Crippen LogP contribution in [-0.2, 0) is 11.2 Å². The van der Waals surface area contributed by atoms with E-state index >= 15 is 0 Å². The summed E-state index contributed by atoms with van der Waals surface area (Å²) < 4.78 is 5.49. The van der Waals surface area contributed by atoms with Crippen LogP contribution in [0.2, 0.25) is 0 Å². The second-order valence-corrected chi connectivity index (χ2v) is 6.66. The molecule has 3 aromatic rings. The van der Waals surface area contributed by atoms with Crippen molar-refractivity contribution in [2.24, 2.45) is 0 Å². The molecule has 3 aromatic carbocycles. The molecule has 3 rings (SSSR count). The molecule has 3 nitrogen and oxygen atoms in total. The van der Waals surface area contributed by atoms with E-state index in [1.54, 1.807) is 0 Å². The molecule has 0 saturated carbocycles. The molecule has 0 aliphatic rings. The maximum Gasteiger partial charge on any atom is 0.227 e. The van der Waals surface area contributed by atoms with Crippen LogP contribution in [0.25, 0.3) is 0 Å². The highest BCUT2D eigenvalue weighted by molar-refractivity contribution is 5.79. The topological polar surface area (TPSA) is 29.5 Å². The highest BCUT2D eigenvalue weighted by Crippen LogP contribution is 2.29. The first kappa shape index (κ1) is 19.7. The first-order valence-electron chi connectivity index (χ1n) is 9.84. The minimum absolute atomic E-state index is 0.0948. The molecule has 0 aromatic heterocycles. The minimum Gasteiger partial charge on any atom is -0.494 e. The smallest absolute Gasteiger partial charge is 0.227 e. The second kappa shape index (κ2) is 9.75. The predicted octanol–water partition coefficient (Wildman–Crippen LogP) is 5.27. The van der Waals surface area contributed by atoms with Gasteiger partial charge in [-0.1, -0.05) is 72.8 Å². The molecule has 0 fully saturated rings. The van der Waals surface area contributed by atoms with Crippen LogP contribution in [0.15, 0.2) is 84.9 Å². The molecule has 0 N–H and O–H groups in total. The molecular formula is C25H27NO2. The molecule has 0 aliphatic heterocycles. The maximum atomic E-state index is 13.2. The van der Waals surface area contributed by atoms with Gasteiger partial charge in [0.2, 0.25) is 5.91 Å². The Morgan fingerprint density at radius 3 is 1.82 bits per heavy atom. The molecule has 28 heavy (non-hydrogen) atoms. The third-order valence-electron chi connectivity index (χ3n) is 4.79. The largest absolute Gasteiger partial charge is 0.494 e. The minimum atomic E-state index is -0.0948. The molecule has 0 atom stereocenters. The summed E-state index contributed by atoms with van der Waals surface area (Å²) in [6, 6.07) is 28.1. The van der Waals surface area contributed by atoms with Crippen molar-refractivity contribution in [3.63, 3.8) is 0 Å². The highest BCUT2D eigenvalue weighted by atomic mass is 16.5. The molecule has 144 valence electrons. The van der Waals surface area contributed by atoms with E-state index in [1.807, 2.05) is 79.4 Å². The lowest BCUT2D eigenvalue weighted by Crippen LogP contribution is -2.36. The summed E-state index contributed by atoms with van der Waals surface area (Å²) in [7, 11) is 0. The van der Waals surface area contributed by atoms with Gasteiger partial charge in [0.15, 0.2) is 0 Å². The van der Waals surface area contributed by atoms with E-state index in [4.69, 9.17) is 4.74 Å². The molecule has 0 bridgehead atoms. The SMILES string of the molecule is CCOc1ccc(CC(=O)N(CC)C(c2ccccc2)c2ccccc2)cc1. The summed E-state index contributed by atoms with van der Waals surface area (Å²) in [6.45, 7) is 5.28. The summed E-state index contributed by atoms with van der Waals surface area (Å²) in [5.74, 6) is 0.946. The van der Waals surface area contributed by atoms with Crippen LogP contribution in [0.4, 0.5) is 0 Å². The Balaban J connectivity index is 1.86. The van der Waals surface area contributed by atoms with Gasteiger partial charge in [0.25, 0.3) is 0 Å². The van der Waals surface area contributed by atoms with Gasteiger partial charge in [-0.25, -0.2) is 0 Å². The van der Waals surface area contributed by atoms with E-state index in [1.165, 1.54) is 0 Å². The lowest BCUT2D eigenvalue weighted by molar-refractivity contribution is -0.132. The molecule has 0 radical (unpaired) electrons. The van der Waals surface area contributed by atoms with E-state index in [2.05, 4.69) is 24.3 Å². The van der Waals surface area contributed by atoms with Gasteiger partial charge >= 0.3 is 0 Å². The number of nitrogens with zero attached hydrogens (tertiary/aromatic N) is 1. The van der Waals surface area contributed by atoms with Crippen LogP contribution in [0.1, 0.15) is 36.6 Å². The van der Waals surface area contributed by atoms with E-state index in [0.717, 1.165) is 22.4 Å². The Bertz CT molecular complexity index is 821. The quantitative estimate of drug-likeness (QED) is 0.539. The zero-order valence-corrected chi connectivity index (χ0v) is 16.5. The number of ether oxygens (including phenoxy) is 1. The lowest BCUT2D eigenvalue weighted by Gasteiger charge is -2.32. The van der Waals surface area contributed by atoms with Gasteiger partial charge in [0, 0.05) is 6.54 Å². The Morgan fingerprint density at radius 2 is 1.36 bits per heavy atom. The van der Waals surface area contributed by atoms with Crippen molar-refractivity contribution in [2.75, 3.05) is 13.2 Å². The Hall–Kier alpha value is -3.07. The van der Waals surface area contributed by atoms with Crippen molar-refractivity contribution in [2.45, 2.75) is 26.3 Å². The number of hydrogen-bond acceptors (Lipinski definition) is 2. The average molecular weight is 373 g/mol. The summed E-state index contributed by atoms with van der Waals surface area (Å²) >= 11 is 0. The standard InChI is InChI=1S/C25H27NO2/c1-3-26(24(27)19-20-15-17-23(18-16-20)28-4-2)25(21-11-7-5-8-12-21)22-13-9-6-10-14-22/h5-18,25H,3-4,19H2,1-2H3. The number of amides is 1. The third-order valence-corrected chi connectivity index (χ3v) is 4.79. The number of rotatable bonds is 8. The fraction of sp³-hybridized carbons (Fsp3) is 0.240. The molecule has 1 amide bonds. The molecule has 0 unspecified atom stereocenters. The number of carbonyl (C=O) groups excluding carboxylic acids is 1. The molecule has 0 heterocycles. The van der Waals surface area contributed by atoms with Gasteiger partial charge in [0.1, 0.15) is 5.75 Å². The van der Waals surface area contributed by atoms with Crippen molar-refractivity contribution >= 4 is 5.91 Å². The predicted molar refractivity (Wildman–Crippen MR) is 113 cm³/mol. The fourth-order valence-electron chi connectivity index (χ4n) is 3.47. The van der Waals surface area contributed by atoms with Crippen LogP contribution < -0.4 is 4.74 Å².